The lowest BCUT2D eigenvalue weighted by Gasteiger charge is -2.31. The summed E-state index contributed by atoms with van der Waals surface area (Å²) in [5, 5.41) is 6.80. The molecule has 0 saturated carbocycles. The van der Waals surface area contributed by atoms with Crippen LogP contribution in [0.15, 0.2) is 59.8 Å². The van der Waals surface area contributed by atoms with Crippen molar-refractivity contribution in [2.45, 2.75) is 39.8 Å². The molecule has 0 fully saturated rings. The van der Waals surface area contributed by atoms with Gasteiger partial charge < -0.3 is 20.1 Å². The zero-order valence-corrected chi connectivity index (χ0v) is 17.9. The van der Waals surface area contributed by atoms with Crippen molar-refractivity contribution < 1.29 is 14.3 Å². The van der Waals surface area contributed by atoms with E-state index in [1.54, 1.807) is 0 Å². The summed E-state index contributed by atoms with van der Waals surface area (Å²) in [6.45, 7) is 8.26. The van der Waals surface area contributed by atoms with Gasteiger partial charge in [-0.1, -0.05) is 36.4 Å². The Bertz CT molecular complexity index is 938. The lowest BCUT2D eigenvalue weighted by atomic mass is 9.89. The van der Waals surface area contributed by atoms with Crippen LogP contribution in [0.3, 0.4) is 0 Å². The third kappa shape index (κ3) is 4.77. The van der Waals surface area contributed by atoms with E-state index in [1.165, 1.54) is 0 Å². The number of thiocarbonyl (C=S) groups is 1. The molecule has 0 saturated heterocycles. The van der Waals surface area contributed by atoms with Gasteiger partial charge in [0.05, 0.1) is 18.8 Å². The maximum Gasteiger partial charge on any atom is 0.193 e. The average molecular weight is 411 g/mol. The molecule has 3 rings (SSSR count). The second-order valence-electron chi connectivity index (χ2n) is 7.07. The van der Waals surface area contributed by atoms with Crippen molar-refractivity contribution in [3.05, 3.63) is 70.9 Å². The van der Waals surface area contributed by atoms with Crippen LogP contribution < -0.4 is 20.1 Å². The molecule has 1 atom stereocenters. The summed E-state index contributed by atoms with van der Waals surface area (Å²) in [6.07, 6.45) is 0.0296. The summed E-state index contributed by atoms with van der Waals surface area (Å²) in [5.41, 5.74) is 2.89. The van der Waals surface area contributed by atoms with E-state index in [2.05, 4.69) is 10.6 Å². The summed E-state index contributed by atoms with van der Waals surface area (Å²) in [4.78, 5) is 13.3. The second kappa shape index (κ2) is 9.09. The Hall–Kier alpha value is -2.86. The molecule has 2 N–H and O–H groups in total. The number of hydrogen-bond donors (Lipinski definition) is 2. The zero-order valence-electron chi connectivity index (χ0n) is 17.1. The fraction of sp³-hybridized carbons (Fsp3) is 0.304. The van der Waals surface area contributed by atoms with E-state index >= 15 is 0 Å². The molecule has 152 valence electrons. The number of carbonyl (C=O) groups is 1. The zero-order chi connectivity index (χ0) is 21.0. The Kier molecular flexibility index (Phi) is 6.54. The van der Waals surface area contributed by atoms with Crippen molar-refractivity contribution in [1.82, 2.24) is 10.6 Å². The molecule has 0 aliphatic carbocycles. The first-order valence-electron chi connectivity index (χ1n) is 9.72. The van der Waals surface area contributed by atoms with Gasteiger partial charge >= 0.3 is 0 Å². The van der Waals surface area contributed by atoms with Gasteiger partial charge in [-0.15, -0.1) is 0 Å². The van der Waals surface area contributed by atoms with Gasteiger partial charge in [-0.05, 0) is 57.6 Å². The molecule has 1 aliphatic heterocycles. The summed E-state index contributed by atoms with van der Waals surface area (Å²) in [6, 6.07) is 14.6. The molecule has 5 nitrogen and oxygen atoms in total. The lowest BCUT2D eigenvalue weighted by Crippen LogP contribution is -2.44. The van der Waals surface area contributed by atoms with Crippen LogP contribution >= 0.6 is 12.2 Å². The highest BCUT2D eigenvalue weighted by molar-refractivity contribution is 7.80. The highest BCUT2D eigenvalue weighted by Crippen LogP contribution is 2.36. The smallest absolute Gasteiger partial charge is 0.193 e. The van der Waals surface area contributed by atoms with Crippen LogP contribution in [0, 0.1) is 0 Å². The largest absolute Gasteiger partial charge is 0.490 e. The number of carbonyl (C=O) groups excluding carboxylic acids is 1. The van der Waals surface area contributed by atoms with Crippen molar-refractivity contribution >= 4 is 23.1 Å². The Morgan fingerprint density at radius 3 is 2.52 bits per heavy atom. The molecule has 0 bridgehead atoms. The van der Waals surface area contributed by atoms with Gasteiger partial charge in [0, 0.05) is 16.8 Å². The molecule has 6 heteroatoms. The van der Waals surface area contributed by atoms with Gasteiger partial charge in [-0.3, -0.25) is 4.79 Å². The summed E-state index contributed by atoms with van der Waals surface area (Å²) in [7, 11) is 0. The summed E-state index contributed by atoms with van der Waals surface area (Å²) in [5.74, 6) is 1.28. The Balaban J connectivity index is 2.04. The maximum absolute atomic E-state index is 13.3. The minimum atomic E-state index is -0.385. The van der Waals surface area contributed by atoms with Crippen LogP contribution in [0.25, 0.3) is 0 Å². The molecule has 0 amide bonds. The lowest BCUT2D eigenvalue weighted by molar-refractivity contribution is 0.102. The van der Waals surface area contributed by atoms with Gasteiger partial charge in [-0.2, -0.15) is 0 Å². The van der Waals surface area contributed by atoms with Crippen LogP contribution in [-0.2, 0) is 0 Å². The molecule has 2 aromatic carbocycles. The number of hydrogen-bond acceptors (Lipinski definition) is 4. The van der Waals surface area contributed by atoms with Gasteiger partial charge in [0.15, 0.2) is 22.4 Å². The first-order chi connectivity index (χ1) is 13.9. The van der Waals surface area contributed by atoms with E-state index in [9.17, 15) is 4.79 Å². The number of rotatable bonds is 7. The van der Waals surface area contributed by atoms with Crippen molar-refractivity contribution in [1.29, 1.82) is 0 Å². The average Bonchev–Trinajstić information content (AvgIpc) is 2.69. The highest BCUT2D eigenvalue weighted by Gasteiger charge is 2.31. The molecule has 0 spiro atoms. The number of Topliss-reactive ketones (excluding diaryl/α,β-unsaturated/α-hetero) is 1. The van der Waals surface area contributed by atoms with Gasteiger partial charge in [0.2, 0.25) is 0 Å². The van der Waals surface area contributed by atoms with Crippen molar-refractivity contribution in [2.75, 3.05) is 6.61 Å². The molecule has 0 radical (unpaired) electrons. The number of ketones is 1. The second-order valence-corrected chi connectivity index (χ2v) is 7.48. The van der Waals surface area contributed by atoms with Crippen LogP contribution in [0.1, 0.15) is 49.7 Å². The molecule has 1 unspecified atom stereocenters. The minimum absolute atomic E-state index is 0.0296. The quantitative estimate of drug-likeness (QED) is 0.516. The Morgan fingerprint density at radius 2 is 1.86 bits per heavy atom. The number of ether oxygens (including phenoxy) is 2. The van der Waals surface area contributed by atoms with E-state index in [0.29, 0.717) is 34.4 Å². The highest BCUT2D eigenvalue weighted by atomic mass is 32.1. The predicted octanol–water partition coefficient (Wildman–Crippen LogP) is 4.55. The SMILES string of the molecule is CCOc1cc(C2NC(=S)NC(C)=C2C(=O)c2ccccc2)ccc1OC(C)C. The standard InChI is InChI=1S/C23H26N2O3S/c1-5-27-19-13-17(11-12-18(19)28-14(2)3)21-20(15(4)24-23(29)25-21)22(26)16-9-7-6-8-10-16/h6-14,21H,5H2,1-4H3,(H2,24,25,29). The fourth-order valence-electron chi connectivity index (χ4n) is 3.31. The van der Waals surface area contributed by atoms with Gasteiger partial charge in [0.25, 0.3) is 0 Å². The molecular formula is C23H26N2O3S. The van der Waals surface area contributed by atoms with E-state index < -0.39 is 0 Å². The molecule has 29 heavy (non-hydrogen) atoms. The molecule has 0 aromatic heterocycles. The molecule has 2 aromatic rings. The van der Waals surface area contributed by atoms with Crippen LogP contribution in [0.4, 0.5) is 0 Å². The normalized spacial score (nSPS) is 16.3. The summed E-state index contributed by atoms with van der Waals surface area (Å²) >= 11 is 5.36. The first-order valence-corrected chi connectivity index (χ1v) is 10.1. The first kappa shape index (κ1) is 20.9. The fourth-order valence-corrected chi connectivity index (χ4v) is 3.58. The van der Waals surface area contributed by atoms with E-state index in [0.717, 1.165) is 11.3 Å². The third-order valence-corrected chi connectivity index (χ3v) is 4.73. The van der Waals surface area contributed by atoms with Crippen molar-refractivity contribution in [3.8, 4) is 11.5 Å². The van der Waals surface area contributed by atoms with E-state index in [1.807, 2.05) is 76.2 Å². The number of nitrogens with one attached hydrogen (secondary N) is 2. The van der Waals surface area contributed by atoms with Crippen LogP contribution in [0.5, 0.6) is 11.5 Å². The molecular weight excluding hydrogens is 384 g/mol. The number of benzene rings is 2. The molecule has 1 aliphatic rings. The number of allylic oxidation sites excluding steroid dienone is 1. The Morgan fingerprint density at radius 1 is 1.14 bits per heavy atom. The van der Waals surface area contributed by atoms with E-state index in [-0.39, 0.29) is 17.9 Å². The topological polar surface area (TPSA) is 59.6 Å². The monoisotopic (exact) mass is 410 g/mol. The van der Waals surface area contributed by atoms with Crippen LogP contribution in [0.2, 0.25) is 0 Å². The maximum atomic E-state index is 13.3. The van der Waals surface area contributed by atoms with Crippen molar-refractivity contribution in [2.24, 2.45) is 0 Å². The third-order valence-electron chi connectivity index (χ3n) is 4.51. The van der Waals surface area contributed by atoms with Gasteiger partial charge in [-0.25, -0.2) is 0 Å². The summed E-state index contributed by atoms with van der Waals surface area (Å²) < 4.78 is 11.7. The van der Waals surface area contributed by atoms with E-state index in [4.69, 9.17) is 21.7 Å². The minimum Gasteiger partial charge on any atom is -0.490 e. The van der Waals surface area contributed by atoms with Crippen molar-refractivity contribution in [3.63, 3.8) is 0 Å². The predicted molar refractivity (Wildman–Crippen MR) is 118 cm³/mol. The van der Waals surface area contributed by atoms with Crippen LogP contribution in [-0.4, -0.2) is 23.6 Å². The Labute approximate surface area is 177 Å². The molecule has 1 heterocycles. The van der Waals surface area contributed by atoms with Gasteiger partial charge in [0.1, 0.15) is 0 Å².